The van der Waals surface area contributed by atoms with Crippen LogP contribution in [0.3, 0.4) is 0 Å². The number of aliphatic carboxylic acids is 1. The van der Waals surface area contributed by atoms with E-state index in [1.807, 2.05) is 12.2 Å². The van der Waals surface area contributed by atoms with Gasteiger partial charge >= 0.3 is 5.97 Å². The summed E-state index contributed by atoms with van der Waals surface area (Å²) in [6.45, 7) is 0.857. The first-order chi connectivity index (χ1) is 9.83. The molecule has 9 heteroatoms. The van der Waals surface area contributed by atoms with Crippen molar-refractivity contribution in [3.63, 3.8) is 0 Å². The minimum absolute atomic E-state index is 0.0429. The summed E-state index contributed by atoms with van der Waals surface area (Å²) in [6, 6.07) is -2.58. The molecule has 0 aliphatic carbocycles. The van der Waals surface area contributed by atoms with Crippen molar-refractivity contribution < 1.29 is 27.5 Å². The van der Waals surface area contributed by atoms with Crippen molar-refractivity contribution in [3.05, 3.63) is 0 Å². The number of amides is 1. The van der Waals surface area contributed by atoms with Crippen molar-refractivity contribution >= 4 is 21.9 Å². The summed E-state index contributed by atoms with van der Waals surface area (Å²) < 4.78 is 37.9. The molecule has 21 heavy (non-hydrogen) atoms. The van der Waals surface area contributed by atoms with E-state index in [2.05, 4.69) is 0 Å². The Labute approximate surface area is 123 Å². The fraction of sp³-hybridized carbons (Fsp3) is 0.833. The smallest absolute Gasteiger partial charge is 0.328 e. The molecule has 0 aromatic heterocycles. The zero-order valence-corrected chi connectivity index (χ0v) is 12.7. The second-order valence-electron chi connectivity index (χ2n) is 4.99. The van der Waals surface area contributed by atoms with Crippen LogP contribution in [-0.2, 0) is 19.6 Å². The van der Waals surface area contributed by atoms with Crippen molar-refractivity contribution in [2.24, 2.45) is 0 Å². The van der Waals surface area contributed by atoms with Crippen LogP contribution in [0, 0.1) is 0 Å². The number of hydrogen-bond acceptors (Lipinski definition) is 4. The molecule has 0 radical (unpaired) electrons. The lowest BCUT2D eigenvalue weighted by atomic mass is 10.2. The van der Waals surface area contributed by atoms with Crippen molar-refractivity contribution in [3.8, 4) is 0 Å². The van der Waals surface area contributed by atoms with Gasteiger partial charge in [-0.1, -0.05) is 13.3 Å². The molecule has 1 rings (SSSR count). The molecule has 1 saturated heterocycles. The number of alkyl halides is 1. The first kappa shape index (κ1) is 17.8. The summed E-state index contributed by atoms with van der Waals surface area (Å²) in [7, 11) is -3.55. The molecule has 2 N–H and O–H groups in total. The van der Waals surface area contributed by atoms with Crippen molar-refractivity contribution in [1.82, 2.24) is 9.62 Å². The number of halogens is 1. The summed E-state index contributed by atoms with van der Waals surface area (Å²) in [6.07, 6.45) is 2.05. The highest BCUT2D eigenvalue weighted by molar-refractivity contribution is 7.89. The van der Waals surface area contributed by atoms with Gasteiger partial charge in [-0.15, -0.1) is 0 Å². The van der Waals surface area contributed by atoms with Crippen molar-refractivity contribution in [1.29, 1.82) is 0 Å². The standard InChI is InChI=1S/C12H21FN2O5S/c1-2-3-7-21(19,20)15-6-4-5-10(15)11(16)14-9(8-13)12(17)18/h9-10H,2-8H2,1H3,(H,14,16)(H,17,18). The average molecular weight is 324 g/mol. The van der Waals surface area contributed by atoms with Crippen molar-refractivity contribution in [2.75, 3.05) is 19.0 Å². The number of sulfonamides is 1. The SMILES string of the molecule is CCCCS(=O)(=O)N1CCCC1C(=O)NC(CF)C(=O)O. The Morgan fingerprint density at radius 3 is 2.67 bits per heavy atom. The van der Waals surface area contributed by atoms with Gasteiger partial charge in [0.2, 0.25) is 15.9 Å². The molecular weight excluding hydrogens is 303 g/mol. The van der Waals surface area contributed by atoms with Gasteiger partial charge in [-0.2, -0.15) is 4.31 Å². The molecule has 1 aliphatic heterocycles. The molecule has 1 aliphatic rings. The molecule has 2 atom stereocenters. The average Bonchev–Trinajstić information content (AvgIpc) is 2.92. The fourth-order valence-corrected chi connectivity index (χ4v) is 4.10. The van der Waals surface area contributed by atoms with E-state index in [-0.39, 0.29) is 12.3 Å². The Hall–Kier alpha value is -1.22. The summed E-state index contributed by atoms with van der Waals surface area (Å²) in [4.78, 5) is 22.7. The largest absolute Gasteiger partial charge is 0.480 e. The van der Waals surface area contributed by atoms with Gasteiger partial charge < -0.3 is 10.4 Å². The lowest BCUT2D eigenvalue weighted by Gasteiger charge is -2.24. The van der Waals surface area contributed by atoms with Crippen LogP contribution in [0.15, 0.2) is 0 Å². The molecule has 0 saturated carbocycles. The second kappa shape index (κ2) is 7.69. The number of hydrogen-bond donors (Lipinski definition) is 2. The normalized spacial score (nSPS) is 21.1. The molecule has 7 nitrogen and oxygen atoms in total. The third kappa shape index (κ3) is 4.63. The second-order valence-corrected chi connectivity index (χ2v) is 7.03. The molecule has 1 amide bonds. The van der Waals surface area contributed by atoms with E-state index in [1.165, 1.54) is 0 Å². The first-order valence-electron chi connectivity index (χ1n) is 6.92. The van der Waals surface area contributed by atoms with Crippen LogP contribution in [0.5, 0.6) is 0 Å². The van der Waals surface area contributed by atoms with Crippen LogP contribution in [0.25, 0.3) is 0 Å². The number of carbonyl (C=O) groups excluding carboxylic acids is 1. The fourth-order valence-electron chi connectivity index (χ4n) is 2.21. The van der Waals surface area contributed by atoms with Crippen LogP contribution in [0.4, 0.5) is 4.39 Å². The number of rotatable bonds is 8. The van der Waals surface area contributed by atoms with Crippen LogP contribution < -0.4 is 5.32 Å². The lowest BCUT2D eigenvalue weighted by molar-refractivity contribution is -0.142. The third-order valence-electron chi connectivity index (χ3n) is 3.39. The van der Waals surface area contributed by atoms with Gasteiger partial charge in [0.25, 0.3) is 0 Å². The predicted molar refractivity (Wildman–Crippen MR) is 74.0 cm³/mol. The number of carboxylic acids is 1. The zero-order chi connectivity index (χ0) is 16.0. The van der Waals surface area contributed by atoms with Crippen molar-refractivity contribution in [2.45, 2.75) is 44.7 Å². The van der Waals surface area contributed by atoms with E-state index in [0.717, 1.165) is 4.31 Å². The Balaban J connectivity index is 2.77. The number of carbonyl (C=O) groups is 2. The van der Waals surface area contributed by atoms with Gasteiger partial charge in [-0.05, 0) is 19.3 Å². The van der Waals surface area contributed by atoms with E-state index in [1.54, 1.807) is 0 Å². The van der Waals surface area contributed by atoms with Crippen LogP contribution in [0.1, 0.15) is 32.6 Å². The molecule has 2 unspecified atom stereocenters. The van der Waals surface area contributed by atoms with E-state index < -0.39 is 40.7 Å². The summed E-state index contributed by atoms with van der Waals surface area (Å²) >= 11 is 0. The Morgan fingerprint density at radius 1 is 1.48 bits per heavy atom. The van der Waals surface area contributed by atoms with E-state index in [9.17, 15) is 22.4 Å². The molecule has 1 fully saturated rings. The molecule has 1 heterocycles. The maximum Gasteiger partial charge on any atom is 0.328 e. The highest BCUT2D eigenvalue weighted by Gasteiger charge is 2.39. The maximum atomic E-state index is 12.5. The van der Waals surface area contributed by atoms with E-state index in [4.69, 9.17) is 5.11 Å². The van der Waals surface area contributed by atoms with Gasteiger partial charge in [0, 0.05) is 6.54 Å². The van der Waals surface area contributed by atoms with Gasteiger partial charge in [0.05, 0.1) is 5.75 Å². The van der Waals surface area contributed by atoms with Gasteiger partial charge in [-0.25, -0.2) is 17.6 Å². The number of carboxylic acid groups (broad SMARTS) is 1. The molecule has 0 aromatic rings. The lowest BCUT2D eigenvalue weighted by Crippen LogP contribution is -2.51. The quantitative estimate of drug-likeness (QED) is 0.660. The maximum absolute atomic E-state index is 12.5. The monoisotopic (exact) mass is 324 g/mol. The number of nitrogens with zero attached hydrogens (tertiary/aromatic N) is 1. The number of unbranched alkanes of at least 4 members (excludes halogenated alkanes) is 1. The van der Waals surface area contributed by atoms with Crippen LogP contribution in [-0.4, -0.2) is 60.8 Å². The van der Waals surface area contributed by atoms with Gasteiger partial charge in [0.1, 0.15) is 12.7 Å². The highest BCUT2D eigenvalue weighted by atomic mass is 32.2. The molecule has 122 valence electrons. The first-order valence-corrected chi connectivity index (χ1v) is 8.53. The summed E-state index contributed by atoms with van der Waals surface area (Å²) in [5.74, 6) is -2.28. The highest BCUT2D eigenvalue weighted by Crippen LogP contribution is 2.22. The van der Waals surface area contributed by atoms with E-state index in [0.29, 0.717) is 25.7 Å². The molecule has 0 spiro atoms. The minimum atomic E-state index is -3.55. The Bertz CT molecular complexity index is 482. The predicted octanol–water partition coefficient (Wildman–Crippen LogP) is 0.120. The molecule has 0 aromatic carbocycles. The van der Waals surface area contributed by atoms with Crippen LogP contribution in [0.2, 0.25) is 0 Å². The minimum Gasteiger partial charge on any atom is -0.480 e. The summed E-state index contributed by atoms with van der Waals surface area (Å²) in [5.41, 5.74) is 0. The third-order valence-corrected chi connectivity index (χ3v) is 5.34. The number of nitrogens with one attached hydrogen (secondary N) is 1. The summed E-state index contributed by atoms with van der Waals surface area (Å²) in [5, 5.41) is 10.8. The van der Waals surface area contributed by atoms with Gasteiger partial charge in [-0.3, -0.25) is 4.79 Å². The molecule has 0 bridgehead atoms. The Kier molecular flexibility index (Phi) is 6.53. The molecular formula is C12H21FN2O5S. The Morgan fingerprint density at radius 2 is 2.14 bits per heavy atom. The zero-order valence-electron chi connectivity index (χ0n) is 11.9. The van der Waals surface area contributed by atoms with Crippen LogP contribution >= 0.6 is 0 Å². The topological polar surface area (TPSA) is 104 Å². The van der Waals surface area contributed by atoms with E-state index >= 15 is 0 Å². The van der Waals surface area contributed by atoms with Gasteiger partial charge in [0.15, 0.2) is 6.04 Å².